The molecule has 1 atom stereocenters. The van der Waals surface area contributed by atoms with Crippen LogP contribution in [-0.2, 0) is 11.3 Å². The second-order valence-electron chi connectivity index (χ2n) is 6.49. The zero-order valence-corrected chi connectivity index (χ0v) is 16.2. The summed E-state index contributed by atoms with van der Waals surface area (Å²) in [6.45, 7) is 4.61. The summed E-state index contributed by atoms with van der Waals surface area (Å²) in [7, 11) is 1.77. The highest BCUT2D eigenvalue weighted by Gasteiger charge is 2.25. The molecule has 2 rings (SSSR count). The summed E-state index contributed by atoms with van der Waals surface area (Å²) < 4.78 is 0. The van der Waals surface area contributed by atoms with Crippen molar-refractivity contribution in [2.45, 2.75) is 32.9 Å². The highest BCUT2D eigenvalue weighted by molar-refractivity contribution is 7.07. The lowest BCUT2D eigenvalue weighted by molar-refractivity contribution is -0.132. The van der Waals surface area contributed by atoms with Crippen LogP contribution in [0, 0.1) is 5.92 Å². The second-order valence-corrected chi connectivity index (χ2v) is 7.70. The highest BCUT2D eigenvalue weighted by atomic mass is 35.5. The standard InChI is InChI=1S/C19H23ClN2O2S/c1-13(2)10-17(19(24)22(3)11-14-8-9-25-12-14)21-18(23)15-4-6-16(20)7-5-15/h4-9,12-13,17H,10-11H2,1-3H3,(H,21,23)/t17-/m1/s1. The normalized spacial score (nSPS) is 12.0. The molecular weight excluding hydrogens is 356 g/mol. The zero-order valence-electron chi connectivity index (χ0n) is 14.7. The molecule has 0 spiro atoms. The van der Waals surface area contributed by atoms with Gasteiger partial charge in [-0.2, -0.15) is 11.3 Å². The number of benzene rings is 1. The summed E-state index contributed by atoms with van der Waals surface area (Å²) in [5.74, 6) is -0.0594. The zero-order chi connectivity index (χ0) is 18.4. The Labute approximate surface area is 157 Å². The Balaban J connectivity index is 2.07. The third-order valence-corrected chi connectivity index (χ3v) is 4.78. The molecule has 134 valence electrons. The van der Waals surface area contributed by atoms with E-state index in [0.717, 1.165) is 5.56 Å². The van der Waals surface area contributed by atoms with E-state index >= 15 is 0 Å². The first-order valence-electron chi connectivity index (χ1n) is 8.19. The average molecular weight is 379 g/mol. The Morgan fingerprint density at radius 2 is 1.88 bits per heavy atom. The summed E-state index contributed by atoms with van der Waals surface area (Å²) in [5.41, 5.74) is 1.58. The topological polar surface area (TPSA) is 49.4 Å². The number of nitrogens with zero attached hydrogens (tertiary/aromatic N) is 1. The van der Waals surface area contributed by atoms with Gasteiger partial charge in [0.05, 0.1) is 0 Å². The number of halogens is 1. The van der Waals surface area contributed by atoms with Crippen LogP contribution in [0.3, 0.4) is 0 Å². The largest absolute Gasteiger partial charge is 0.340 e. The minimum absolute atomic E-state index is 0.0813. The molecule has 1 aromatic carbocycles. The highest BCUT2D eigenvalue weighted by Crippen LogP contribution is 2.14. The van der Waals surface area contributed by atoms with E-state index in [0.29, 0.717) is 23.6 Å². The molecule has 25 heavy (non-hydrogen) atoms. The molecule has 0 radical (unpaired) electrons. The molecule has 0 aliphatic rings. The molecule has 1 heterocycles. The van der Waals surface area contributed by atoms with Gasteiger partial charge >= 0.3 is 0 Å². The number of thiophene rings is 1. The van der Waals surface area contributed by atoms with Crippen molar-refractivity contribution in [3.05, 3.63) is 57.2 Å². The number of nitrogens with one attached hydrogen (secondary N) is 1. The third-order valence-electron chi connectivity index (χ3n) is 3.79. The van der Waals surface area contributed by atoms with Crippen LogP contribution in [0.2, 0.25) is 5.02 Å². The molecular formula is C19H23ClN2O2S. The summed E-state index contributed by atoms with van der Waals surface area (Å²) in [5, 5.41) is 7.45. The van der Waals surface area contributed by atoms with Gasteiger partial charge in [-0.05, 0) is 59.0 Å². The molecule has 1 N–H and O–H groups in total. The van der Waals surface area contributed by atoms with Gasteiger partial charge in [0.2, 0.25) is 5.91 Å². The van der Waals surface area contributed by atoms with E-state index in [1.807, 2.05) is 30.7 Å². The summed E-state index contributed by atoms with van der Waals surface area (Å²) in [6, 6.07) is 8.09. The van der Waals surface area contributed by atoms with Crippen LogP contribution in [0.25, 0.3) is 0 Å². The van der Waals surface area contributed by atoms with Gasteiger partial charge < -0.3 is 10.2 Å². The maximum Gasteiger partial charge on any atom is 0.251 e. The van der Waals surface area contributed by atoms with Crippen LogP contribution in [0.15, 0.2) is 41.1 Å². The first kappa shape index (κ1) is 19.5. The van der Waals surface area contributed by atoms with Crippen LogP contribution < -0.4 is 5.32 Å². The van der Waals surface area contributed by atoms with E-state index < -0.39 is 6.04 Å². The average Bonchev–Trinajstić information content (AvgIpc) is 3.06. The van der Waals surface area contributed by atoms with Crippen molar-refractivity contribution in [2.24, 2.45) is 5.92 Å². The fourth-order valence-electron chi connectivity index (χ4n) is 2.54. The molecule has 0 saturated carbocycles. The van der Waals surface area contributed by atoms with Gasteiger partial charge in [0.15, 0.2) is 0 Å². The minimum atomic E-state index is -0.549. The van der Waals surface area contributed by atoms with E-state index in [1.54, 1.807) is 47.5 Å². The number of likely N-dealkylation sites (N-methyl/N-ethyl adjacent to an activating group) is 1. The monoisotopic (exact) mass is 378 g/mol. The number of amides is 2. The lowest BCUT2D eigenvalue weighted by Gasteiger charge is -2.25. The Hall–Kier alpha value is -1.85. The van der Waals surface area contributed by atoms with Crippen LogP contribution in [0.1, 0.15) is 36.2 Å². The summed E-state index contributed by atoms with van der Waals surface area (Å²) in [6.07, 6.45) is 0.589. The van der Waals surface area contributed by atoms with Gasteiger partial charge in [-0.3, -0.25) is 9.59 Å². The van der Waals surface area contributed by atoms with Crippen molar-refractivity contribution in [3.63, 3.8) is 0 Å². The number of carbonyl (C=O) groups excluding carboxylic acids is 2. The fourth-order valence-corrected chi connectivity index (χ4v) is 3.32. The van der Waals surface area contributed by atoms with Crippen LogP contribution in [0.5, 0.6) is 0 Å². The van der Waals surface area contributed by atoms with Gasteiger partial charge in [-0.25, -0.2) is 0 Å². The maximum atomic E-state index is 12.8. The first-order chi connectivity index (χ1) is 11.9. The lowest BCUT2D eigenvalue weighted by atomic mass is 10.0. The molecule has 2 amide bonds. The van der Waals surface area contributed by atoms with Gasteiger partial charge in [-0.15, -0.1) is 0 Å². The van der Waals surface area contributed by atoms with Gasteiger partial charge in [-0.1, -0.05) is 25.4 Å². The fraction of sp³-hybridized carbons (Fsp3) is 0.368. The summed E-state index contributed by atoms with van der Waals surface area (Å²) >= 11 is 7.46. The van der Waals surface area contributed by atoms with Gasteiger partial charge in [0.1, 0.15) is 6.04 Å². The molecule has 4 nitrogen and oxygen atoms in total. The lowest BCUT2D eigenvalue weighted by Crippen LogP contribution is -2.47. The molecule has 2 aromatic rings. The number of carbonyl (C=O) groups is 2. The number of hydrogen-bond acceptors (Lipinski definition) is 3. The molecule has 1 aromatic heterocycles. The van der Waals surface area contributed by atoms with Crippen molar-refractivity contribution >= 4 is 34.8 Å². The molecule has 0 aliphatic carbocycles. The van der Waals surface area contributed by atoms with E-state index in [1.165, 1.54) is 0 Å². The van der Waals surface area contributed by atoms with Crippen LogP contribution >= 0.6 is 22.9 Å². The number of hydrogen-bond donors (Lipinski definition) is 1. The molecule has 0 unspecified atom stereocenters. The molecule has 0 bridgehead atoms. The molecule has 0 saturated heterocycles. The van der Waals surface area contributed by atoms with Crippen molar-refractivity contribution < 1.29 is 9.59 Å². The Morgan fingerprint density at radius 1 is 1.20 bits per heavy atom. The van der Waals surface area contributed by atoms with Crippen molar-refractivity contribution in [1.29, 1.82) is 0 Å². The Bertz CT molecular complexity index is 699. The van der Waals surface area contributed by atoms with Gasteiger partial charge in [0.25, 0.3) is 5.91 Å². The second kappa shape index (κ2) is 9.02. The molecule has 0 aliphatic heterocycles. The predicted octanol–water partition coefficient (Wildman–Crippen LogP) is 4.20. The van der Waals surface area contributed by atoms with Gasteiger partial charge in [0, 0.05) is 24.2 Å². The van der Waals surface area contributed by atoms with Crippen molar-refractivity contribution in [1.82, 2.24) is 10.2 Å². The molecule has 0 fully saturated rings. The smallest absolute Gasteiger partial charge is 0.251 e. The van der Waals surface area contributed by atoms with Crippen molar-refractivity contribution in [3.8, 4) is 0 Å². The van der Waals surface area contributed by atoms with E-state index in [4.69, 9.17) is 11.6 Å². The van der Waals surface area contributed by atoms with Crippen molar-refractivity contribution in [2.75, 3.05) is 7.05 Å². The van der Waals surface area contributed by atoms with E-state index in [9.17, 15) is 9.59 Å². The SMILES string of the molecule is CC(C)C[C@@H](NC(=O)c1ccc(Cl)cc1)C(=O)N(C)Cc1ccsc1. The summed E-state index contributed by atoms with van der Waals surface area (Å²) in [4.78, 5) is 27.0. The maximum absolute atomic E-state index is 12.8. The first-order valence-corrected chi connectivity index (χ1v) is 9.51. The van der Waals surface area contributed by atoms with E-state index in [-0.39, 0.29) is 17.7 Å². The Kier molecular flexibility index (Phi) is 7.02. The third kappa shape index (κ3) is 5.87. The van der Waals surface area contributed by atoms with Crippen LogP contribution in [0.4, 0.5) is 0 Å². The molecule has 6 heteroatoms. The van der Waals surface area contributed by atoms with E-state index in [2.05, 4.69) is 5.32 Å². The number of rotatable bonds is 7. The minimum Gasteiger partial charge on any atom is -0.340 e. The predicted molar refractivity (Wildman–Crippen MR) is 103 cm³/mol. The quantitative estimate of drug-likeness (QED) is 0.784. The Morgan fingerprint density at radius 3 is 2.44 bits per heavy atom. The van der Waals surface area contributed by atoms with Crippen LogP contribution in [-0.4, -0.2) is 29.8 Å².